The topological polar surface area (TPSA) is 35.5 Å². The molecule has 2 fully saturated rings. The largest absolute Gasteiger partial charge is 0.456 e. The molecule has 3 heteroatoms. The molecule has 2 aliphatic heterocycles. The summed E-state index contributed by atoms with van der Waals surface area (Å²) in [4.78, 5) is 10.7. The summed E-state index contributed by atoms with van der Waals surface area (Å²) in [6.07, 6.45) is 2.31. The molecule has 2 aliphatic rings. The fraction of sp³-hybridized carbons (Fsp3) is 0.857. The van der Waals surface area contributed by atoms with Crippen molar-refractivity contribution >= 4 is 5.97 Å². The highest BCUT2D eigenvalue weighted by atomic mass is 16.6. The van der Waals surface area contributed by atoms with Crippen LogP contribution in [0.2, 0.25) is 0 Å². The second kappa shape index (κ2) is 1.95. The Hall–Kier alpha value is -0.570. The third-order valence-corrected chi connectivity index (χ3v) is 2.18. The van der Waals surface area contributed by atoms with Gasteiger partial charge in [-0.1, -0.05) is 0 Å². The van der Waals surface area contributed by atoms with E-state index in [1.165, 1.54) is 0 Å². The summed E-state index contributed by atoms with van der Waals surface area (Å²) < 4.78 is 10.3. The molecule has 2 heterocycles. The number of hydrogen-bond donors (Lipinski definition) is 0. The normalized spacial score (nSPS) is 39.0. The van der Waals surface area contributed by atoms with Crippen molar-refractivity contribution in [3.63, 3.8) is 0 Å². The van der Waals surface area contributed by atoms with E-state index in [4.69, 9.17) is 9.47 Å². The molecule has 0 bridgehead atoms. The quantitative estimate of drug-likeness (QED) is 0.461. The number of esters is 1. The number of carbonyl (C=O) groups excluding carboxylic acids is 1. The maximum atomic E-state index is 10.7. The van der Waals surface area contributed by atoms with Crippen molar-refractivity contribution in [2.24, 2.45) is 0 Å². The Kier molecular flexibility index (Phi) is 1.20. The van der Waals surface area contributed by atoms with Gasteiger partial charge in [0.2, 0.25) is 0 Å². The van der Waals surface area contributed by atoms with Crippen LogP contribution in [0.3, 0.4) is 0 Å². The molecule has 2 saturated heterocycles. The zero-order chi connectivity index (χ0) is 7.03. The van der Waals surface area contributed by atoms with Gasteiger partial charge < -0.3 is 9.47 Å². The van der Waals surface area contributed by atoms with Crippen LogP contribution in [0, 0.1) is 0 Å². The minimum atomic E-state index is -0.211. The molecule has 0 saturated carbocycles. The highest BCUT2D eigenvalue weighted by Gasteiger charge is 2.43. The molecule has 10 heavy (non-hydrogen) atoms. The lowest BCUT2D eigenvalue weighted by Crippen LogP contribution is -2.28. The van der Waals surface area contributed by atoms with Gasteiger partial charge in [-0.25, -0.2) is 0 Å². The van der Waals surface area contributed by atoms with E-state index in [-0.39, 0.29) is 11.6 Å². The third kappa shape index (κ3) is 0.814. The van der Waals surface area contributed by atoms with Crippen molar-refractivity contribution in [1.82, 2.24) is 0 Å². The highest BCUT2D eigenvalue weighted by molar-refractivity contribution is 5.72. The summed E-state index contributed by atoms with van der Waals surface area (Å²) in [5, 5.41) is 0. The van der Waals surface area contributed by atoms with Crippen LogP contribution in [0.1, 0.15) is 19.3 Å². The standard InChI is InChI=1S/C7H10O3/c8-6-1-2-7(10-6)3-4-9-5-7/h1-5H2. The van der Waals surface area contributed by atoms with Crippen LogP contribution < -0.4 is 0 Å². The van der Waals surface area contributed by atoms with Crippen LogP contribution in [-0.2, 0) is 14.3 Å². The van der Waals surface area contributed by atoms with Gasteiger partial charge in [0.25, 0.3) is 0 Å². The Morgan fingerprint density at radius 3 is 2.80 bits per heavy atom. The van der Waals surface area contributed by atoms with Gasteiger partial charge in [0.1, 0.15) is 5.60 Å². The first-order chi connectivity index (χ1) is 4.81. The minimum absolute atomic E-state index is 0.0644. The highest BCUT2D eigenvalue weighted by Crippen LogP contribution is 2.33. The van der Waals surface area contributed by atoms with Gasteiger partial charge >= 0.3 is 5.97 Å². The van der Waals surface area contributed by atoms with Gasteiger partial charge in [-0.3, -0.25) is 4.79 Å². The first-order valence-electron chi connectivity index (χ1n) is 3.60. The molecule has 0 radical (unpaired) electrons. The first kappa shape index (κ1) is 6.16. The van der Waals surface area contributed by atoms with Gasteiger partial charge in [0.05, 0.1) is 13.2 Å². The van der Waals surface area contributed by atoms with Crippen LogP contribution in [-0.4, -0.2) is 24.8 Å². The van der Waals surface area contributed by atoms with E-state index in [2.05, 4.69) is 0 Å². The molecule has 0 aromatic rings. The molecule has 0 aromatic heterocycles. The Balaban J connectivity index is 2.09. The molecule has 1 unspecified atom stereocenters. The molecule has 2 rings (SSSR count). The Morgan fingerprint density at radius 1 is 1.40 bits per heavy atom. The summed E-state index contributed by atoms with van der Waals surface area (Å²) in [5.74, 6) is -0.0644. The van der Waals surface area contributed by atoms with Crippen molar-refractivity contribution in [2.45, 2.75) is 24.9 Å². The summed E-state index contributed by atoms with van der Waals surface area (Å²) in [6.45, 7) is 1.35. The van der Waals surface area contributed by atoms with Gasteiger partial charge in [-0.15, -0.1) is 0 Å². The average Bonchev–Trinajstić information content (AvgIpc) is 2.46. The Morgan fingerprint density at radius 2 is 2.30 bits per heavy atom. The van der Waals surface area contributed by atoms with Crippen LogP contribution >= 0.6 is 0 Å². The average molecular weight is 142 g/mol. The smallest absolute Gasteiger partial charge is 0.306 e. The van der Waals surface area contributed by atoms with E-state index in [9.17, 15) is 4.79 Å². The van der Waals surface area contributed by atoms with Gasteiger partial charge in [0, 0.05) is 19.3 Å². The number of carbonyl (C=O) groups is 1. The predicted molar refractivity (Wildman–Crippen MR) is 33.5 cm³/mol. The van der Waals surface area contributed by atoms with E-state index in [0.29, 0.717) is 13.0 Å². The maximum Gasteiger partial charge on any atom is 0.306 e. The number of hydrogen-bond acceptors (Lipinski definition) is 3. The molecule has 3 nitrogen and oxygen atoms in total. The second-order valence-electron chi connectivity index (χ2n) is 2.96. The van der Waals surface area contributed by atoms with Crippen LogP contribution in [0.25, 0.3) is 0 Å². The maximum absolute atomic E-state index is 10.7. The Labute approximate surface area is 59.3 Å². The monoisotopic (exact) mass is 142 g/mol. The summed E-state index contributed by atoms with van der Waals surface area (Å²) in [5.41, 5.74) is -0.211. The lowest BCUT2D eigenvalue weighted by molar-refractivity contribution is -0.148. The van der Waals surface area contributed by atoms with E-state index in [1.54, 1.807) is 0 Å². The lowest BCUT2D eigenvalue weighted by atomic mass is 10.00. The molecule has 1 atom stereocenters. The van der Waals surface area contributed by atoms with Crippen LogP contribution in [0.15, 0.2) is 0 Å². The van der Waals surface area contributed by atoms with Crippen LogP contribution in [0.5, 0.6) is 0 Å². The lowest BCUT2D eigenvalue weighted by Gasteiger charge is -2.18. The third-order valence-electron chi connectivity index (χ3n) is 2.18. The molecule has 0 amide bonds. The molecule has 56 valence electrons. The van der Waals surface area contributed by atoms with Crippen LogP contribution in [0.4, 0.5) is 0 Å². The Bertz CT molecular complexity index is 158. The molecule has 1 spiro atoms. The summed E-state index contributed by atoms with van der Waals surface area (Å²) >= 11 is 0. The zero-order valence-electron chi connectivity index (χ0n) is 5.76. The van der Waals surface area contributed by atoms with E-state index in [0.717, 1.165) is 19.4 Å². The van der Waals surface area contributed by atoms with Gasteiger partial charge in [0.15, 0.2) is 0 Å². The number of ether oxygens (including phenoxy) is 2. The van der Waals surface area contributed by atoms with Crippen molar-refractivity contribution in [1.29, 1.82) is 0 Å². The first-order valence-corrected chi connectivity index (χ1v) is 3.60. The van der Waals surface area contributed by atoms with E-state index < -0.39 is 0 Å². The molecular weight excluding hydrogens is 132 g/mol. The van der Waals surface area contributed by atoms with Crippen molar-refractivity contribution in [3.05, 3.63) is 0 Å². The SMILES string of the molecule is O=C1CCC2(CCOC2)O1. The van der Waals surface area contributed by atoms with Crippen molar-refractivity contribution in [2.75, 3.05) is 13.2 Å². The molecular formula is C7H10O3. The van der Waals surface area contributed by atoms with Gasteiger partial charge in [-0.05, 0) is 0 Å². The van der Waals surface area contributed by atoms with Crippen molar-refractivity contribution in [3.8, 4) is 0 Å². The molecule has 0 aliphatic carbocycles. The molecule has 0 aromatic carbocycles. The minimum Gasteiger partial charge on any atom is -0.456 e. The van der Waals surface area contributed by atoms with E-state index >= 15 is 0 Å². The fourth-order valence-electron chi connectivity index (χ4n) is 1.54. The summed E-state index contributed by atoms with van der Waals surface area (Å²) in [6, 6.07) is 0. The zero-order valence-corrected chi connectivity index (χ0v) is 5.76. The predicted octanol–water partition coefficient (Wildman–Crippen LogP) is 0.482. The van der Waals surface area contributed by atoms with Crippen molar-refractivity contribution < 1.29 is 14.3 Å². The molecule has 0 N–H and O–H groups in total. The van der Waals surface area contributed by atoms with Gasteiger partial charge in [-0.2, -0.15) is 0 Å². The second-order valence-corrected chi connectivity index (χ2v) is 2.96. The van der Waals surface area contributed by atoms with E-state index in [1.807, 2.05) is 0 Å². The fourth-order valence-corrected chi connectivity index (χ4v) is 1.54. The summed E-state index contributed by atoms with van der Waals surface area (Å²) in [7, 11) is 0. The number of rotatable bonds is 0.